The molecule has 1 rings (SSSR count). The lowest BCUT2D eigenvalue weighted by atomic mass is 10.4. The summed E-state index contributed by atoms with van der Waals surface area (Å²) < 4.78 is 0. The molecule has 0 aliphatic heterocycles. The van der Waals surface area contributed by atoms with Gasteiger partial charge < -0.3 is 4.98 Å². The van der Waals surface area contributed by atoms with Crippen molar-refractivity contribution in [3.63, 3.8) is 0 Å². The van der Waals surface area contributed by atoms with Crippen molar-refractivity contribution in [3.05, 3.63) is 33.2 Å². The van der Waals surface area contributed by atoms with E-state index >= 15 is 0 Å². The first-order valence-corrected chi connectivity index (χ1v) is 4.17. The van der Waals surface area contributed by atoms with Crippen LogP contribution in [0.2, 0.25) is 5.15 Å². The zero-order valence-corrected chi connectivity index (χ0v) is 7.37. The molecule has 0 saturated heterocycles. The summed E-state index contributed by atoms with van der Waals surface area (Å²) in [5.74, 6) is 0. The second kappa shape index (κ2) is 3.21. The predicted octanol–water partition coefficient (Wildman–Crippen LogP) is 1.92. The molecule has 0 saturated carbocycles. The summed E-state index contributed by atoms with van der Waals surface area (Å²) in [5.41, 5.74) is 0.718. The molecule has 0 unspecified atom stereocenters. The number of alkyl halides is 1. The molecule has 1 N–H and O–H groups in total. The van der Waals surface area contributed by atoms with Gasteiger partial charge in [-0.15, -0.1) is 0 Å². The van der Waals surface area contributed by atoms with Crippen molar-refractivity contribution in [2.24, 2.45) is 0 Å². The van der Waals surface area contributed by atoms with Crippen LogP contribution in [-0.4, -0.2) is 4.98 Å². The van der Waals surface area contributed by atoms with E-state index in [1.165, 1.54) is 12.1 Å². The first-order chi connectivity index (χ1) is 4.72. The fourth-order valence-electron chi connectivity index (χ4n) is 0.636. The summed E-state index contributed by atoms with van der Waals surface area (Å²) in [6, 6.07) is 2.84. The lowest BCUT2D eigenvalue weighted by molar-refractivity contribution is 1.17. The fraction of sp³-hybridized carbons (Fsp3) is 0.167. The molecule has 4 heteroatoms. The van der Waals surface area contributed by atoms with E-state index in [0.717, 1.165) is 5.69 Å². The second-order valence-electron chi connectivity index (χ2n) is 1.82. The minimum atomic E-state index is -0.0711. The number of aromatic nitrogens is 1. The summed E-state index contributed by atoms with van der Waals surface area (Å²) in [6.07, 6.45) is 0. The highest BCUT2D eigenvalue weighted by Gasteiger charge is 1.93. The van der Waals surface area contributed by atoms with Gasteiger partial charge in [-0.05, 0) is 0 Å². The molecule has 0 radical (unpaired) electrons. The summed E-state index contributed by atoms with van der Waals surface area (Å²) in [5, 5.41) is 0.991. The van der Waals surface area contributed by atoms with Gasteiger partial charge in [-0.2, -0.15) is 0 Å². The SMILES string of the molecule is O=c1cc(Cl)[nH]c(CBr)c1. The smallest absolute Gasteiger partial charge is 0.183 e. The average Bonchev–Trinajstić information content (AvgIpc) is 1.85. The molecule has 1 aromatic heterocycles. The largest absolute Gasteiger partial charge is 0.349 e. The zero-order valence-electron chi connectivity index (χ0n) is 5.03. The van der Waals surface area contributed by atoms with Gasteiger partial charge in [-0.1, -0.05) is 27.5 Å². The third-order valence-electron chi connectivity index (χ3n) is 1.01. The molecule has 0 bridgehead atoms. The van der Waals surface area contributed by atoms with Gasteiger partial charge in [-0.3, -0.25) is 4.79 Å². The van der Waals surface area contributed by atoms with E-state index in [-0.39, 0.29) is 5.43 Å². The Bertz CT molecular complexity index is 283. The highest BCUT2D eigenvalue weighted by molar-refractivity contribution is 9.08. The lowest BCUT2D eigenvalue weighted by Crippen LogP contribution is -2.00. The third kappa shape index (κ3) is 1.85. The van der Waals surface area contributed by atoms with Crippen molar-refractivity contribution in [1.29, 1.82) is 0 Å². The number of aromatic amines is 1. The van der Waals surface area contributed by atoms with Gasteiger partial charge in [0.1, 0.15) is 5.15 Å². The lowest BCUT2D eigenvalue weighted by Gasteiger charge is -1.94. The van der Waals surface area contributed by atoms with Crippen LogP contribution >= 0.6 is 27.5 Å². The van der Waals surface area contributed by atoms with Crippen molar-refractivity contribution >= 4 is 27.5 Å². The molecule has 1 aromatic rings. The van der Waals surface area contributed by atoms with E-state index < -0.39 is 0 Å². The summed E-state index contributed by atoms with van der Waals surface area (Å²) in [4.78, 5) is 13.6. The number of hydrogen-bond acceptors (Lipinski definition) is 1. The van der Waals surface area contributed by atoms with Gasteiger partial charge >= 0.3 is 0 Å². The van der Waals surface area contributed by atoms with E-state index in [0.29, 0.717) is 10.5 Å². The molecule has 0 aliphatic rings. The van der Waals surface area contributed by atoms with Crippen LogP contribution in [0, 0.1) is 0 Å². The number of halogens is 2. The van der Waals surface area contributed by atoms with Crippen molar-refractivity contribution < 1.29 is 0 Å². The average molecular weight is 222 g/mol. The summed E-state index contributed by atoms with van der Waals surface area (Å²) in [7, 11) is 0. The Morgan fingerprint density at radius 3 is 2.80 bits per heavy atom. The highest BCUT2D eigenvalue weighted by Crippen LogP contribution is 2.03. The molecule has 10 heavy (non-hydrogen) atoms. The van der Waals surface area contributed by atoms with E-state index in [2.05, 4.69) is 20.9 Å². The minimum Gasteiger partial charge on any atom is -0.349 e. The van der Waals surface area contributed by atoms with Crippen LogP contribution in [0.25, 0.3) is 0 Å². The maximum atomic E-state index is 10.7. The van der Waals surface area contributed by atoms with Crippen LogP contribution in [0.15, 0.2) is 16.9 Å². The molecule has 0 atom stereocenters. The van der Waals surface area contributed by atoms with Gasteiger partial charge in [-0.25, -0.2) is 0 Å². The van der Waals surface area contributed by atoms with Crippen LogP contribution < -0.4 is 5.43 Å². The zero-order chi connectivity index (χ0) is 7.56. The minimum absolute atomic E-state index is 0.0711. The van der Waals surface area contributed by atoms with E-state index in [1.807, 2.05) is 0 Å². The van der Waals surface area contributed by atoms with Crippen molar-refractivity contribution in [2.45, 2.75) is 5.33 Å². The second-order valence-corrected chi connectivity index (χ2v) is 2.79. The molecule has 2 nitrogen and oxygen atoms in total. The van der Waals surface area contributed by atoms with Gasteiger partial charge in [0, 0.05) is 23.2 Å². The Kier molecular flexibility index (Phi) is 2.51. The van der Waals surface area contributed by atoms with E-state index in [9.17, 15) is 4.79 Å². The van der Waals surface area contributed by atoms with Gasteiger partial charge in [0.2, 0.25) is 0 Å². The Balaban J connectivity index is 3.19. The fourth-order valence-corrected chi connectivity index (χ4v) is 1.17. The highest BCUT2D eigenvalue weighted by atomic mass is 79.9. The molecular formula is C6H5BrClNO. The molecule has 0 fully saturated rings. The van der Waals surface area contributed by atoms with Crippen molar-refractivity contribution in [3.8, 4) is 0 Å². The monoisotopic (exact) mass is 221 g/mol. The van der Waals surface area contributed by atoms with Crippen molar-refractivity contribution in [2.75, 3.05) is 0 Å². The van der Waals surface area contributed by atoms with Crippen molar-refractivity contribution in [1.82, 2.24) is 4.98 Å². The Morgan fingerprint density at radius 2 is 2.30 bits per heavy atom. The number of pyridine rings is 1. The molecule has 0 amide bonds. The topological polar surface area (TPSA) is 32.9 Å². The third-order valence-corrected chi connectivity index (χ3v) is 1.82. The molecule has 0 spiro atoms. The Labute approximate surface area is 71.3 Å². The number of H-pyrrole nitrogens is 1. The standard InChI is InChI=1S/C6H5BrClNO/c7-3-4-1-5(10)2-6(8)9-4/h1-2H,3H2,(H,9,10). The van der Waals surface area contributed by atoms with Gasteiger partial charge in [0.25, 0.3) is 0 Å². The number of nitrogens with one attached hydrogen (secondary N) is 1. The van der Waals surface area contributed by atoms with Crippen LogP contribution in [0.4, 0.5) is 0 Å². The quantitative estimate of drug-likeness (QED) is 0.571. The molecule has 54 valence electrons. The normalized spacial score (nSPS) is 9.80. The predicted molar refractivity (Wildman–Crippen MR) is 44.7 cm³/mol. The maximum absolute atomic E-state index is 10.7. The molecule has 0 aliphatic carbocycles. The number of rotatable bonds is 1. The summed E-state index contributed by atoms with van der Waals surface area (Å²) >= 11 is 8.75. The maximum Gasteiger partial charge on any atom is 0.183 e. The first-order valence-electron chi connectivity index (χ1n) is 2.67. The molecular weight excluding hydrogens is 217 g/mol. The van der Waals surface area contributed by atoms with Crippen LogP contribution in [0.3, 0.4) is 0 Å². The van der Waals surface area contributed by atoms with Crippen LogP contribution in [0.1, 0.15) is 5.69 Å². The molecule has 0 aromatic carbocycles. The number of hydrogen-bond donors (Lipinski definition) is 1. The van der Waals surface area contributed by atoms with E-state index in [4.69, 9.17) is 11.6 Å². The van der Waals surface area contributed by atoms with Crippen LogP contribution in [-0.2, 0) is 5.33 Å². The Hall–Kier alpha value is -0.280. The van der Waals surface area contributed by atoms with E-state index in [1.54, 1.807) is 0 Å². The van der Waals surface area contributed by atoms with Gasteiger partial charge in [0.05, 0.1) is 0 Å². The van der Waals surface area contributed by atoms with Crippen LogP contribution in [0.5, 0.6) is 0 Å². The first kappa shape index (κ1) is 7.82. The molecule has 1 heterocycles. The van der Waals surface area contributed by atoms with Gasteiger partial charge in [0.15, 0.2) is 5.43 Å². The Morgan fingerprint density at radius 1 is 1.60 bits per heavy atom. The summed E-state index contributed by atoms with van der Waals surface area (Å²) in [6.45, 7) is 0.